The maximum atomic E-state index is 12.7. The Morgan fingerprint density at radius 3 is 2.22 bits per heavy atom. The number of carbonyl (C=O) groups excluding carboxylic acids is 2. The maximum absolute atomic E-state index is 12.7. The number of ketones is 1. The van der Waals surface area contributed by atoms with Gasteiger partial charge in [-0.1, -0.05) is 42.0 Å². The third-order valence-electron chi connectivity index (χ3n) is 6.02. The molecule has 1 fully saturated rings. The van der Waals surface area contributed by atoms with E-state index in [-0.39, 0.29) is 29.9 Å². The highest BCUT2D eigenvalue weighted by Crippen LogP contribution is 2.22. The molecule has 2 aromatic rings. The summed E-state index contributed by atoms with van der Waals surface area (Å²) in [5, 5.41) is 3.12. The monoisotopic (exact) mass is 436 g/mol. The third kappa shape index (κ3) is 6.84. The van der Waals surface area contributed by atoms with Gasteiger partial charge in [0.1, 0.15) is 5.75 Å². The number of likely N-dealkylation sites (tertiary alicyclic amines) is 1. The molecule has 32 heavy (non-hydrogen) atoms. The van der Waals surface area contributed by atoms with E-state index in [9.17, 15) is 9.59 Å². The van der Waals surface area contributed by atoms with Crippen LogP contribution in [0, 0.1) is 12.8 Å². The summed E-state index contributed by atoms with van der Waals surface area (Å²) in [6.07, 6.45) is 3.38. The molecule has 1 aliphatic rings. The van der Waals surface area contributed by atoms with Crippen molar-refractivity contribution in [2.75, 3.05) is 13.1 Å². The summed E-state index contributed by atoms with van der Waals surface area (Å²) in [6.45, 7) is 9.34. The minimum atomic E-state index is -0.0283. The number of urea groups is 1. The minimum Gasteiger partial charge on any atom is -0.491 e. The van der Waals surface area contributed by atoms with E-state index in [0.717, 1.165) is 42.6 Å². The molecular formula is C27H36N2O3. The van der Waals surface area contributed by atoms with Gasteiger partial charge in [-0.15, -0.1) is 0 Å². The maximum Gasteiger partial charge on any atom is 0.317 e. The number of hydrogen-bond acceptors (Lipinski definition) is 3. The number of benzene rings is 2. The van der Waals surface area contributed by atoms with Crippen molar-refractivity contribution in [2.24, 2.45) is 5.92 Å². The molecule has 2 aromatic carbocycles. The summed E-state index contributed by atoms with van der Waals surface area (Å²) in [5.41, 5.74) is 3.16. The van der Waals surface area contributed by atoms with Crippen molar-refractivity contribution in [3.8, 4) is 5.75 Å². The molecule has 0 spiro atoms. The Kier molecular flexibility index (Phi) is 8.32. The van der Waals surface area contributed by atoms with Gasteiger partial charge < -0.3 is 15.0 Å². The second kappa shape index (κ2) is 11.2. The SMILES string of the molecule is Cc1ccc(C(=O)C2CCN(C(=O)NC(C)CCc3ccc(OC(C)C)cc3)CC2)cc1. The van der Waals surface area contributed by atoms with Gasteiger partial charge in [0.05, 0.1) is 6.10 Å². The lowest BCUT2D eigenvalue weighted by molar-refractivity contribution is 0.0853. The van der Waals surface area contributed by atoms with Gasteiger partial charge in [0.25, 0.3) is 0 Å². The van der Waals surface area contributed by atoms with Gasteiger partial charge in [-0.2, -0.15) is 0 Å². The third-order valence-corrected chi connectivity index (χ3v) is 6.02. The summed E-state index contributed by atoms with van der Waals surface area (Å²) in [4.78, 5) is 27.2. The Balaban J connectivity index is 1.40. The van der Waals surface area contributed by atoms with E-state index in [2.05, 4.69) is 17.4 Å². The van der Waals surface area contributed by atoms with Gasteiger partial charge in [-0.25, -0.2) is 4.79 Å². The minimum absolute atomic E-state index is 0.00169. The Hall–Kier alpha value is -2.82. The van der Waals surface area contributed by atoms with Crippen LogP contribution in [0.5, 0.6) is 5.75 Å². The number of nitrogens with one attached hydrogen (secondary N) is 1. The number of nitrogens with zero attached hydrogens (tertiary/aromatic N) is 1. The van der Waals surface area contributed by atoms with Crippen LogP contribution in [0.25, 0.3) is 0 Å². The Labute approximate surface area is 192 Å². The zero-order chi connectivity index (χ0) is 23.1. The number of hydrogen-bond donors (Lipinski definition) is 1. The molecule has 0 bridgehead atoms. The molecule has 0 radical (unpaired) electrons. The predicted octanol–water partition coefficient (Wildman–Crippen LogP) is 5.41. The molecule has 1 heterocycles. The molecule has 1 saturated heterocycles. The first-order valence-corrected chi connectivity index (χ1v) is 11.7. The highest BCUT2D eigenvalue weighted by Gasteiger charge is 2.28. The molecular weight excluding hydrogens is 400 g/mol. The number of aryl methyl sites for hydroxylation is 2. The van der Waals surface area contributed by atoms with Crippen molar-refractivity contribution < 1.29 is 14.3 Å². The first-order chi connectivity index (χ1) is 15.3. The van der Waals surface area contributed by atoms with E-state index < -0.39 is 0 Å². The predicted molar refractivity (Wildman–Crippen MR) is 128 cm³/mol. The van der Waals surface area contributed by atoms with Crippen LogP contribution in [0.3, 0.4) is 0 Å². The summed E-state index contributed by atoms with van der Waals surface area (Å²) >= 11 is 0. The molecule has 5 heteroatoms. The average Bonchev–Trinajstić information content (AvgIpc) is 2.78. The quantitative estimate of drug-likeness (QED) is 0.563. The Morgan fingerprint density at radius 1 is 1.00 bits per heavy atom. The fourth-order valence-corrected chi connectivity index (χ4v) is 4.06. The Morgan fingerprint density at radius 2 is 1.62 bits per heavy atom. The van der Waals surface area contributed by atoms with Gasteiger partial charge in [-0.3, -0.25) is 4.79 Å². The van der Waals surface area contributed by atoms with Crippen LogP contribution in [0.4, 0.5) is 4.79 Å². The molecule has 3 rings (SSSR count). The highest BCUT2D eigenvalue weighted by molar-refractivity contribution is 5.98. The molecule has 1 atom stereocenters. The molecule has 0 saturated carbocycles. The van der Waals surface area contributed by atoms with Gasteiger partial charge in [0.2, 0.25) is 0 Å². The lowest BCUT2D eigenvalue weighted by atomic mass is 9.89. The van der Waals surface area contributed by atoms with E-state index in [4.69, 9.17) is 4.74 Å². The van der Waals surface area contributed by atoms with Gasteiger partial charge in [0, 0.05) is 30.6 Å². The molecule has 0 aromatic heterocycles. The van der Waals surface area contributed by atoms with Crippen molar-refractivity contribution in [2.45, 2.75) is 65.5 Å². The summed E-state index contributed by atoms with van der Waals surface area (Å²) in [6, 6.07) is 16.0. The van der Waals surface area contributed by atoms with Crippen LogP contribution in [0.15, 0.2) is 48.5 Å². The lowest BCUT2D eigenvalue weighted by Crippen LogP contribution is -2.48. The zero-order valence-corrected chi connectivity index (χ0v) is 19.8. The second-order valence-electron chi connectivity index (χ2n) is 9.19. The molecule has 172 valence electrons. The van der Waals surface area contributed by atoms with Crippen molar-refractivity contribution in [3.63, 3.8) is 0 Å². The molecule has 2 amide bonds. The second-order valence-corrected chi connectivity index (χ2v) is 9.19. The zero-order valence-electron chi connectivity index (χ0n) is 19.8. The number of ether oxygens (including phenoxy) is 1. The fourth-order valence-electron chi connectivity index (χ4n) is 4.06. The number of carbonyl (C=O) groups is 2. The van der Waals surface area contributed by atoms with Crippen LogP contribution in [0.2, 0.25) is 0 Å². The lowest BCUT2D eigenvalue weighted by Gasteiger charge is -2.32. The molecule has 1 unspecified atom stereocenters. The smallest absolute Gasteiger partial charge is 0.317 e. The first kappa shape index (κ1) is 23.8. The van der Waals surface area contributed by atoms with Crippen molar-refractivity contribution in [3.05, 3.63) is 65.2 Å². The molecule has 1 N–H and O–H groups in total. The van der Waals surface area contributed by atoms with Crippen molar-refractivity contribution in [1.29, 1.82) is 0 Å². The average molecular weight is 437 g/mol. The fraction of sp³-hybridized carbons (Fsp3) is 0.481. The van der Waals surface area contributed by atoms with E-state index >= 15 is 0 Å². The first-order valence-electron chi connectivity index (χ1n) is 11.7. The molecule has 5 nitrogen and oxygen atoms in total. The summed E-state index contributed by atoms with van der Waals surface area (Å²) in [5.74, 6) is 1.08. The molecule has 0 aliphatic carbocycles. The van der Waals surface area contributed by atoms with Gasteiger partial charge >= 0.3 is 6.03 Å². The van der Waals surface area contributed by atoms with E-state index in [1.54, 1.807) is 0 Å². The van der Waals surface area contributed by atoms with Gasteiger partial charge in [0.15, 0.2) is 5.78 Å². The Bertz CT molecular complexity index is 882. The number of piperidine rings is 1. The van der Waals surface area contributed by atoms with Crippen molar-refractivity contribution >= 4 is 11.8 Å². The standard InChI is InChI=1S/C27H36N2O3/c1-19(2)32-25-13-9-22(10-14-25)8-7-21(4)28-27(31)29-17-15-24(16-18-29)26(30)23-11-5-20(3)6-12-23/h5-6,9-14,19,21,24H,7-8,15-18H2,1-4H3,(H,28,31). The van der Waals surface area contributed by atoms with Gasteiger partial charge in [-0.05, 0) is 71.1 Å². The number of rotatable bonds is 8. The van der Waals surface area contributed by atoms with Crippen molar-refractivity contribution in [1.82, 2.24) is 10.2 Å². The van der Waals surface area contributed by atoms with E-state index in [0.29, 0.717) is 13.1 Å². The van der Waals surface area contributed by atoms with E-state index in [1.807, 2.05) is 69.0 Å². The largest absolute Gasteiger partial charge is 0.491 e. The normalized spacial score (nSPS) is 15.5. The van der Waals surface area contributed by atoms with Crippen LogP contribution < -0.4 is 10.1 Å². The van der Waals surface area contributed by atoms with Crippen LogP contribution in [-0.2, 0) is 6.42 Å². The highest BCUT2D eigenvalue weighted by atomic mass is 16.5. The van der Waals surface area contributed by atoms with Crippen LogP contribution in [0.1, 0.15) is 61.5 Å². The number of amides is 2. The van der Waals surface area contributed by atoms with E-state index in [1.165, 1.54) is 5.56 Å². The van der Waals surface area contributed by atoms with Crippen LogP contribution >= 0.6 is 0 Å². The van der Waals surface area contributed by atoms with Crippen LogP contribution in [-0.4, -0.2) is 41.9 Å². The summed E-state index contributed by atoms with van der Waals surface area (Å²) < 4.78 is 5.68. The number of Topliss-reactive ketones (excluding diaryl/α,β-unsaturated/α-hetero) is 1. The molecule has 1 aliphatic heterocycles. The topological polar surface area (TPSA) is 58.6 Å². The summed E-state index contributed by atoms with van der Waals surface area (Å²) in [7, 11) is 0.